The predicted octanol–water partition coefficient (Wildman–Crippen LogP) is 1.34. The second-order valence-electron chi connectivity index (χ2n) is 4.98. The van der Waals surface area contributed by atoms with E-state index >= 15 is 0 Å². The molecule has 2 aliphatic rings. The molecule has 0 spiro atoms. The maximum Gasteiger partial charge on any atom is 0.224 e. The summed E-state index contributed by atoms with van der Waals surface area (Å²) >= 11 is 0. The zero-order valence-electron chi connectivity index (χ0n) is 11.5. The molecule has 0 bridgehead atoms. The lowest BCUT2D eigenvalue weighted by molar-refractivity contribution is -0.130. The van der Waals surface area contributed by atoms with Crippen LogP contribution in [0.2, 0.25) is 0 Å². The second-order valence-corrected chi connectivity index (χ2v) is 4.98. The number of carbonyl (C=O) groups is 1. The molecule has 0 aliphatic carbocycles. The molecule has 2 N–H and O–H groups in total. The van der Waals surface area contributed by atoms with E-state index in [9.17, 15) is 4.79 Å². The first-order chi connectivity index (χ1) is 8.86. The van der Waals surface area contributed by atoms with Crippen molar-refractivity contribution in [1.82, 2.24) is 15.5 Å². The molecule has 2 heterocycles. The van der Waals surface area contributed by atoms with Crippen molar-refractivity contribution in [3.63, 3.8) is 0 Å². The highest BCUT2D eigenvalue weighted by Gasteiger charge is 2.15. The predicted molar refractivity (Wildman–Crippen MR) is 88.0 cm³/mol. The van der Waals surface area contributed by atoms with E-state index < -0.39 is 0 Å². The van der Waals surface area contributed by atoms with Crippen molar-refractivity contribution < 1.29 is 4.79 Å². The van der Waals surface area contributed by atoms with E-state index in [4.69, 9.17) is 0 Å². The molecule has 0 radical (unpaired) electrons. The van der Waals surface area contributed by atoms with Crippen molar-refractivity contribution in [3.8, 4) is 0 Å². The van der Waals surface area contributed by atoms with E-state index in [2.05, 4.69) is 15.6 Å². The quantitative estimate of drug-likeness (QED) is 0.727. The topological polar surface area (TPSA) is 56.7 Å². The molecule has 1 saturated heterocycles. The lowest BCUT2D eigenvalue weighted by atomic mass is 10.2. The Kier molecular flexibility index (Phi) is 8.16. The number of aliphatic imine (C=N–C) groups is 1. The van der Waals surface area contributed by atoms with Gasteiger partial charge in [0, 0.05) is 39.1 Å². The molecular weight excluding hydrogens is 355 g/mol. The lowest BCUT2D eigenvalue weighted by Gasteiger charge is -2.21. The molecule has 0 aromatic heterocycles. The molecule has 110 valence electrons. The highest BCUT2D eigenvalue weighted by atomic mass is 127. The Hall–Kier alpha value is -0.530. The van der Waals surface area contributed by atoms with Gasteiger partial charge in [0.05, 0.1) is 0 Å². The van der Waals surface area contributed by atoms with Crippen LogP contribution in [-0.4, -0.2) is 49.5 Å². The zero-order chi connectivity index (χ0) is 12.6. The van der Waals surface area contributed by atoms with E-state index in [0.29, 0.717) is 13.0 Å². The average molecular weight is 380 g/mol. The van der Waals surface area contributed by atoms with Crippen LogP contribution >= 0.6 is 24.0 Å². The van der Waals surface area contributed by atoms with Gasteiger partial charge in [-0.1, -0.05) is 12.8 Å². The van der Waals surface area contributed by atoms with Gasteiger partial charge in [0.1, 0.15) is 0 Å². The number of nitrogens with one attached hydrogen (secondary N) is 2. The summed E-state index contributed by atoms with van der Waals surface area (Å²) in [5.41, 5.74) is 0. The average Bonchev–Trinajstić information content (AvgIpc) is 2.69. The van der Waals surface area contributed by atoms with E-state index in [1.807, 2.05) is 4.90 Å². The Morgan fingerprint density at radius 2 is 1.95 bits per heavy atom. The molecule has 0 atom stereocenters. The summed E-state index contributed by atoms with van der Waals surface area (Å²) < 4.78 is 0. The van der Waals surface area contributed by atoms with E-state index in [-0.39, 0.29) is 29.9 Å². The Balaban J connectivity index is 0.00000180. The van der Waals surface area contributed by atoms with Gasteiger partial charge < -0.3 is 15.5 Å². The van der Waals surface area contributed by atoms with Crippen LogP contribution in [0.15, 0.2) is 4.99 Å². The third-order valence-corrected chi connectivity index (χ3v) is 3.49. The van der Waals surface area contributed by atoms with Gasteiger partial charge in [-0.25, -0.2) is 0 Å². The van der Waals surface area contributed by atoms with Gasteiger partial charge in [0.15, 0.2) is 5.96 Å². The van der Waals surface area contributed by atoms with Crippen LogP contribution in [0.3, 0.4) is 0 Å². The van der Waals surface area contributed by atoms with Gasteiger partial charge in [-0.05, 0) is 19.3 Å². The highest BCUT2D eigenvalue weighted by Crippen LogP contribution is 2.10. The van der Waals surface area contributed by atoms with E-state index in [1.54, 1.807) is 0 Å². The minimum Gasteiger partial charge on any atom is -0.356 e. The molecule has 0 unspecified atom stereocenters. The van der Waals surface area contributed by atoms with Gasteiger partial charge in [0.2, 0.25) is 5.91 Å². The van der Waals surface area contributed by atoms with E-state index in [1.165, 1.54) is 12.8 Å². The van der Waals surface area contributed by atoms with Crippen molar-refractivity contribution in [2.45, 2.75) is 38.5 Å². The van der Waals surface area contributed by atoms with Gasteiger partial charge in [-0.2, -0.15) is 0 Å². The minimum atomic E-state index is 0. The molecule has 0 aromatic carbocycles. The fourth-order valence-electron chi connectivity index (χ4n) is 2.42. The third-order valence-electron chi connectivity index (χ3n) is 3.49. The van der Waals surface area contributed by atoms with Gasteiger partial charge in [0.25, 0.3) is 0 Å². The molecule has 19 heavy (non-hydrogen) atoms. The Labute approximate surface area is 132 Å². The summed E-state index contributed by atoms with van der Waals surface area (Å²) in [6, 6.07) is 0. The number of carbonyl (C=O) groups excluding carboxylic acids is 1. The molecule has 1 amide bonds. The monoisotopic (exact) mass is 380 g/mol. The molecule has 0 saturated carbocycles. The number of rotatable bonds is 3. The van der Waals surface area contributed by atoms with Crippen molar-refractivity contribution in [3.05, 3.63) is 0 Å². The summed E-state index contributed by atoms with van der Waals surface area (Å²) in [4.78, 5) is 18.4. The fourth-order valence-corrected chi connectivity index (χ4v) is 2.42. The first-order valence-corrected chi connectivity index (χ1v) is 7.16. The van der Waals surface area contributed by atoms with Gasteiger partial charge in [-0.15, -0.1) is 24.0 Å². The summed E-state index contributed by atoms with van der Waals surface area (Å²) in [6.45, 7) is 4.43. The maximum atomic E-state index is 12.0. The number of nitrogens with zero attached hydrogens (tertiary/aromatic N) is 2. The van der Waals surface area contributed by atoms with Gasteiger partial charge >= 0.3 is 0 Å². The lowest BCUT2D eigenvalue weighted by Crippen LogP contribution is -2.42. The van der Waals surface area contributed by atoms with Crippen LogP contribution in [0.4, 0.5) is 0 Å². The first kappa shape index (κ1) is 16.5. The summed E-state index contributed by atoms with van der Waals surface area (Å²) in [6.07, 6.45) is 6.52. The second kappa shape index (κ2) is 9.39. The molecular formula is C13H25IN4O. The number of likely N-dealkylation sites (tertiary alicyclic amines) is 1. The smallest absolute Gasteiger partial charge is 0.224 e. The number of hydrogen-bond acceptors (Lipinski definition) is 4. The van der Waals surface area contributed by atoms with Crippen molar-refractivity contribution >= 4 is 35.8 Å². The SMILES string of the molecule is I.O=C(CCNC1=NCCCN1)N1CCCCCC1. The van der Waals surface area contributed by atoms with Gasteiger partial charge in [-0.3, -0.25) is 9.79 Å². The van der Waals surface area contributed by atoms with Crippen LogP contribution in [0.1, 0.15) is 38.5 Å². The number of guanidine groups is 1. The van der Waals surface area contributed by atoms with Crippen molar-refractivity contribution in [2.24, 2.45) is 4.99 Å². The van der Waals surface area contributed by atoms with Crippen LogP contribution < -0.4 is 10.6 Å². The normalized spacial score (nSPS) is 19.6. The fraction of sp³-hybridized carbons (Fsp3) is 0.846. The molecule has 6 heteroatoms. The maximum absolute atomic E-state index is 12.0. The van der Waals surface area contributed by atoms with E-state index in [0.717, 1.165) is 51.4 Å². The van der Waals surface area contributed by atoms with Crippen LogP contribution in [0.5, 0.6) is 0 Å². The van der Waals surface area contributed by atoms with Crippen LogP contribution in [0.25, 0.3) is 0 Å². The molecule has 2 aliphatic heterocycles. The highest BCUT2D eigenvalue weighted by molar-refractivity contribution is 14.0. The van der Waals surface area contributed by atoms with Crippen molar-refractivity contribution in [2.75, 3.05) is 32.7 Å². The number of amides is 1. The largest absolute Gasteiger partial charge is 0.356 e. The summed E-state index contributed by atoms with van der Waals surface area (Å²) in [5.74, 6) is 1.13. The molecule has 5 nitrogen and oxygen atoms in total. The summed E-state index contributed by atoms with van der Waals surface area (Å²) in [7, 11) is 0. The van der Waals surface area contributed by atoms with Crippen LogP contribution in [0, 0.1) is 0 Å². The number of halogens is 1. The first-order valence-electron chi connectivity index (χ1n) is 7.16. The molecule has 2 rings (SSSR count). The Morgan fingerprint density at radius 3 is 2.58 bits per heavy atom. The molecule has 0 aromatic rings. The summed E-state index contributed by atoms with van der Waals surface area (Å²) in [5, 5.41) is 6.39. The minimum absolute atomic E-state index is 0. The zero-order valence-corrected chi connectivity index (χ0v) is 13.8. The van der Waals surface area contributed by atoms with Crippen LogP contribution in [-0.2, 0) is 4.79 Å². The number of hydrogen-bond donors (Lipinski definition) is 2. The Morgan fingerprint density at radius 1 is 1.21 bits per heavy atom. The Bertz CT molecular complexity index is 301. The van der Waals surface area contributed by atoms with Crippen molar-refractivity contribution in [1.29, 1.82) is 0 Å². The standard InChI is InChI=1S/C13H24N4O.HI/c18-12(17-10-3-1-2-4-11-17)6-9-16-13-14-7-5-8-15-13;/h1-11H2,(H2,14,15,16);1H. The third kappa shape index (κ3) is 5.97. The molecule has 1 fully saturated rings.